The van der Waals surface area contributed by atoms with Crippen LogP contribution in [-0.2, 0) is 0 Å². The highest BCUT2D eigenvalue weighted by atomic mass is 127. The third-order valence-corrected chi connectivity index (χ3v) is 6.60. The van der Waals surface area contributed by atoms with Gasteiger partial charge in [-0.05, 0) is 51.6 Å². The zero-order valence-corrected chi connectivity index (χ0v) is 12.8. The van der Waals surface area contributed by atoms with E-state index in [1.54, 1.807) is 0 Å². The minimum absolute atomic E-state index is 0.443. The van der Waals surface area contributed by atoms with E-state index >= 15 is 0 Å². The third-order valence-electron chi connectivity index (χ3n) is 1.28. The predicted octanol–water partition coefficient (Wildman–Crippen LogP) is 4.58. The molecule has 0 aliphatic carbocycles. The number of alkyl halides is 1. The second kappa shape index (κ2) is 7.16. The molecular weight excluding hydrogens is 481 g/mol. The number of rotatable bonds is 4. The van der Waals surface area contributed by atoms with Gasteiger partial charge < -0.3 is 5.11 Å². The summed E-state index contributed by atoms with van der Waals surface area (Å²) in [5.74, 6) is 0. The number of allylic oxidation sites excluding steroid dienone is 1. The Bertz CT molecular complexity index is 141. The summed E-state index contributed by atoms with van der Waals surface area (Å²) < 4.78 is 2.01. The van der Waals surface area contributed by atoms with Crippen LogP contribution in [0.1, 0.15) is 26.2 Å². The van der Waals surface area contributed by atoms with Crippen LogP contribution >= 0.6 is 67.8 Å². The Kier molecular flexibility index (Phi) is 8.29. The topological polar surface area (TPSA) is 20.2 Å². The van der Waals surface area contributed by atoms with Crippen molar-refractivity contribution in [2.75, 3.05) is 0 Å². The van der Waals surface area contributed by atoms with Crippen molar-refractivity contribution < 1.29 is 5.11 Å². The average molecular weight is 492 g/mol. The fraction of sp³-hybridized carbons (Fsp3) is 0.714. The number of aliphatic hydroxyl groups excluding tert-OH is 1. The molecule has 0 fully saturated rings. The van der Waals surface area contributed by atoms with Gasteiger partial charge in [0.2, 0.25) is 0 Å². The zero-order valence-electron chi connectivity index (χ0n) is 6.28. The Balaban J connectivity index is 3.83. The smallest absolute Gasteiger partial charge is 0.163 e. The van der Waals surface area contributed by atoms with Crippen LogP contribution in [-0.4, -0.2) is 9.03 Å². The molecule has 1 unspecified atom stereocenters. The maximum atomic E-state index is 9.14. The minimum Gasteiger partial charge on any atom is -0.502 e. The van der Waals surface area contributed by atoms with Crippen molar-refractivity contribution in [1.82, 2.24) is 0 Å². The third kappa shape index (κ3) is 5.89. The molecule has 0 rings (SSSR count). The minimum atomic E-state index is 0.443. The second-order valence-electron chi connectivity index (χ2n) is 2.25. The van der Waals surface area contributed by atoms with Crippen LogP contribution in [0, 0.1) is 0 Å². The van der Waals surface area contributed by atoms with Crippen LogP contribution in [0.5, 0.6) is 0 Å². The SMILES string of the molecule is CCCCC(I)C(I)=C(O)I. The molecule has 0 aromatic carbocycles. The molecule has 0 saturated carbocycles. The lowest BCUT2D eigenvalue weighted by atomic mass is 10.2. The standard InChI is InChI=1S/C7H11I3O/c1-2-3-4-5(8)6(9)7(10)11/h5,11H,2-4H2,1H3. The molecule has 0 heterocycles. The largest absolute Gasteiger partial charge is 0.502 e. The van der Waals surface area contributed by atoms with E-state index in [0.717, 1.165) is 3.58 Å². The molecule has 4 heteroatoms. The number of unbranched alkanes of at least 4 members (excludes halogenated alkanes) is 1. The summed E-state index contributed by atoms with van der Waals surface area (Å²) in [5, 5.41) is 9.14. The van der Waals surface area contributed by atoms with E-state index in [1.807, 2.05) is 22.6 Å². The van der Waals surface area contributed by atoms with Crippen molar-refractivity contribution in [3.8, 4) is 0 Å². The summed E-state index contributed by atoms with van der Waals surface area (Å²) in [6.07, 6.45) is 3.64. The van der Waals surface area contributed by atoms with Gasteiger partial charge in [-0.1, -0.05) is 42.4 Å². The van der Waals surface area contributed by atoms with Gasteiger partial charge in [-0.25, -0.2) is 0 Å². The van der Waals surface area contributed by atoms with Crippen LogP contribution in [0.3, 0.4) is 0 Å². The summed E-state index contributed by atoms with van der Waals surface area (Å²) in [5.41, 5.74) is 0. The van der Waals surface area contributed by atoms with Crippen LogP contribution in [0.2, 0.25) is 0 Å². The van der Waals surface area contributed by atoms with Gasteiger partial charge in [0.05, 0.1) is 3.58 Å². The molecule has 1 atom stereocenters. The first-order valence-electron chi connectivity index (χ1n) is 3.47. The predicted molar refractivity (Wildman–Crippen MR) is 75.0 cm³/mol. The van der Waals surface area contributed by atoms with Crippen molar-refractivity contribution in [3.05, 3.63) is 7.35 Å². The summed E-state index contributed by atoms with van der Waals surface area (Å²) in [4.78, 5) is 0. The molecule has 11 heavy (non-hydrogen) atoms. The number of aliphatic hydroxyl groups is 1. The fourth-order valence-electron chi connectivity index (χ4n) is 0.639. The van der Waals surface area contributed by atoms with E-state index in [4.69, 9.17) is 5.11 Å². The average Bonchev–Trinajstić information content (AvgIpc) is 1.98. The molecule has 0 aromatic heterocycles. The number of hydrogen-bond donors (Lipinski definition) is 1. The molecule has 1 nitrogen and oxygen atoms in total. The summed E-state index contributed by atoms with van der Waals surface area (Å²) in [7, 11) is 0. The molecule has 0 saturated heterocycles. The van der Waals surface area contributed by atoms with Crippen LogP contribution in [0.15, 0.2) is 7.35 Å². The number of halogens is 3. The maximum absolute atomic E-state index is 9.14. The van der Waals surface area contributed by atoms with E-state index < -0.39 is 0 Å². The van der Waals surface area contributed by atoms with Crippen LogP contribution in [0.25, 0.3) is 0 Å². The highest BCUT2D eigenvalue weighted by Crippen LogP contribution is 2.29. The molecule has 0 aliphatic rings. The quantitative estimate of drug-likeness (QED) is 0.347. The molecule has 0 amide bonds. The van der Waals surface area contributed by atoms with Gasteiger partial charge in [0.1, 0.15) is 0 Å². The highest BCUT2D eigenvalue weighted by Gasteiger charge is 2.10. The Morgan fingerprint density at radius 3 is 2.36 bits per heavy atom. The first-order valence-corrected chi connectivity index (χ1v) is 6.88. The summed E-state index contributed by atoms with van der Waals surface area (Å²) >= 11 is 6.55. The van der Waals surface area contributed by atoms with Gasteiger partial charge in [-0.15, -0.1) is 0 Å². The van der Waals surface area contributed by atoms with Crippen molar-refractivity contribution in [2.24, 2.45) is 0 Å². The van der Waals surface area contributed by atoms with Crippen molar-refractivity contribution in [2.45, 2.75) is 30.1 Å². The van der Waals surface area contributed by atoms with Crippen LogP contribution in [0.4, 0.5) is 0 Å². The van der Waals surface area contributed by atoms with Gasteiger partial charge in [-0.2, -0.15) is 0 Å². The van der Waals surface area contributed by atoms with Crippen molar-refractivity contribution >= 4 is 67.8 Å². The van der Waals surface area contributed by atoms with Gasteiger partial charge in [0, 0.05) is 3.92 Å². The lowest BCUT2D eigenvalue weighted by molar-refractivity contribution is 0.462. The highest BCUT2D eigenvalue weighted by molar-refractivity contribution is 14.1. The molecule has 0 spiro atoms. The molecule has 0 aliphatic heterocycles. The van der Waals surface area contributed by atoms with Gasteiger partial charge in [-0.3, -0.25) is 0 Å². The monoisotopic (exact) mass is 492 g/mol. The summed E-state index contributed by atoms with van der Waals surface area (Å²) in [6.45, 7) is 2.18. The first-order chi connectivity index (χ1) is 5.09. The van der Waals surface area contributed by atoms with E-state index in [9.17, 15) is 0 Å². The zero-order chi connectivity index (χ0) is 8.85. The molecule has 1 N–H and O–H groups in total. The summed E-state index contributed by atoms with van der Waals surface area (Å²) in [6, 6.07) is 0. The van der Waals surface area contributed by atoms with E-state index in [-0.39, 0.29) is 0 Å². The van der Waals surface area contributed by atoms with Crippen molar-refractivity contribution in [1.29, 1.82) is 0 Å². The molecular formula is C7H11I3O. The Morgan fingerprint density at radius 1 is 1.45 bits per heavy atom. The maximum Gasteiger partial charge on any atom is 0.163 e. The van der Waals surface area contributed by atoms with Gasteiger partial charge >= 0.3 is 0 Å². The molecule has 66 valence electrons. The van der Waals surface area contributed by atoms with Gasteiger partial charge in [0.25, 0.3) is 0 Å². The van der Waals surface area contributed by atoms with E-state index in [1.165, 1.54) is 19.3 Å². The molecule has 0 bridgehead atoms. The lowest BCUT2D eigenvalue weighted by Crippen LogP contribution is -1.97. The normalized spacial score (nSPS) is 16.0. The molecule has 0 radical (unpaired) electrons. The lowest BCUT2D eigenvalue weighted by Gasteiger charge is -2.07. The Morgan fingerprint density at radius 2 is 2.00 bits per heavy atom. The second-order valence-corrected chi connectivity index (χ2v) is 5.94. The van der Waals surface area contributed by atoms with E-state index in [0.29, 0.717) is 7.69 Å². The number of hydrogen-bond acceptors (Lipinski definition) is 1. The molecule has 0 aromatic rings. The van der Waals surface area contributed by atoms with Crippen molar-refractivity contribution in [3.63, 3.8) is 0 Å². The Hall–Kier alpha value is 1.73. The van der Waals surface area contributed by atoms with Crippen LogP contribution < -0.4 is 0 Å². The first kappa shape index (κ1) is 12.7. The van der Waals surface area contributed by atoms with Gasteiger partial charge in [0.15, 0.2) is 3.77 Å². The Labute approximate surface area is 109 Å². The fourth-order valence-corrected chi connectivity index (χ4v) is 2.66. The van der Waals surface area contributed by atoms with E-state index in [2.05, 4.69) is 52.1 Å².